The number of rotatable bonds is 4. The fraction of sp³-hybridized carbons (Fsp3) is 1.00. The molecule has 0 spiro atoms. The van der Waals surface area contributed by atoms with E-state index in [2.05, 4.69) is 24.1 Å². The van der Waals surface area contributed by atoms with E-state index >= 15 is 0 Å². The average molecular weight is 226 g/mol. The fourth-order valence-corrected chi connectivity index (χ4v) is 2.85. The van der Waals surface area contributed by atoms with Crippen molar-refractivity contribution in [1.29, 1.82) is 0 Å². The van der Waals surface area contributed by atoms with Crippen LogP contribution in [0.15, 0.2) is 0 Å². The molecule has 0 amide bonds. The molecule has 0 saturated carbocycles. The van der Waals surface area contributed by atoms with Gasteiger partial charge in [-0.2, -0.15) is 0 Å². The molecule has 0 aromatic rings. The van der Waals surface area contributed by atoms with Crippen molar-refractivity contribution in [2.75, 3.05) is 32.8 Å². The van der Waals surface area contributed by atoms with Gasteiger partial charge in [0.15, 0.2) is 0 Å². The monoisotopic (exact) mass is 226 g/mol. The van der Waals surface area contributed by atoms with Gasteiger partial charge < -0.3 is 10.1 Å². The Labute approximate surface area is 99.5 Å². The highest BCUT2D eigenvalue weighted by atomic mass is 16.5. The van der Waals surface area contributed by atoms with Crippen LogP contribution in [-0.2, 0) is 4.74 Å². The van der Waals surface area contributed by atoms with E-state index < -0.39 is 0 Å². The Hall–Kier alpha value is -0.120. The summed E-state index contributed by atoms with van der Waals surface area (Å²) in [5, 5.41) is 3.65. The lowest BCUT2D eigenvalue weighted by Crippen LogP contribution is -2.56. The number of ether oxygens (including phenoxy) is 1. The third kappa shape index (κ3) is 3.19. The van der Waals surface area contributed by atoms with Crippen molar-refractivity contribution in [1.82, 2.24) is 10.2 Å². The summed E-state index contributed by atoms with van der Waals surface area (Å²) in [5.41, 5.74) is 0. The number of piperazine rings is 1. The van der Waals surface area contributed by atoms with E-state index in [1.807, 2.05) is 0 Å². The van der Waals surface area contributed by atoms with Gasteiger partial charge in [-0.15, -0.1) is 0 Å². The van der Waals surface area contributed by atoms with E-state index in [1.54, 1.807) is 0 Å². The molecule has 2 aliphatic rings. The van der Waals surface area contributed by atoms with Crippen LogP contribution in [0.1, 0.15) is 33.1 Å². The molecule has 94 valence electrons. The van der Waals surface area contributed by atoms with Gasteiger partial charge in [0, 0.05) is 38.3 Å². The van der Waals surface area contributed by atoms with Crippen LogP contribution in [0, 0.1) is 5.92 Å². The largest absolute Gasteiger partial charge is 0.381 e. The van der Waals surface area contributed by atoms with Crippen LogP contribution in [0.3, 0.4) is 0 Å². The zero-order chi connectivity index (χ0) is 11.4. The molecule has 16 heavy (non-hydrogen) atoms. The zero-order valence-electron chi connectivity index (χ0n) is 10.7. The molecule has 2 rings (SSSR count). The Morgan fingerprint density at radius 2 is 2.31 bits per heavy atom. The molecule has 2 saturated heterocycles. The van der Waals surface area contributed by atoms with Crippen molar-refractivity contribution in [3.8, 4) is 0 Å². The van der Waals surface area contributed by atoms with Gasteiger partial charge in [0.05, 0.1) is 6.61 Å². The SMILES string of the molecule is CCCC1CN(CC2CCOC2)C(C)CN1. The quantitative estimate of drug-likeness (QED) is 0.786. The molecular weight excluding hydrogens is 200 g/mol. The number of hydrogen-bond donors (Lipinski definition) is 1. The van der Waals surface area contributed by atoms with Crippen LogP contribution < -0.4 is 5.32 Å². The first-order valence-corrected chi connectivity index (χ1v) is 6.84. The van der Waals surface area contributed by atoms with Crippen molar-refractivity contribution in [2.45, 2.75) is 45.2 Å². The van der Waals surface area contributed by atoms with Gasteiger partial charge in [-0.3, -0.25) is 4.90 Å². The molecule has 0 aliphatic carbocycles. The number of nitrogens with one attached hydrogen (secondary N) is 1. The smallest absolute Gasteiger partial charge is 0.0507 e. The Morgan fingerprint density at radius 3 is 3.00 bits per heavy atom. The third-order valence-corrected chi connectivity index (χ3v) is 3.93. The molecule has 3 unspecified atom stereocenters. The number of hydrogen-bond acceptors (Lipinski definition) is 3. The second kappa shape index (κ2) is 5.99. The summed E-state index contributed by atoms with van der Waals surface area (Å²) in [6.07, 6.45) is 3.85. The van der Waals surface area contributed by atoms with Gasteiger partial charge in [-0.05, 0) is 25.7 Å². The van der Waals surface area contributed by atoms with Gasteiger partial charge in [0.1, 0.15) is 0 Å². The van der Waals surface area contributed by atoms with E-state index in [9.17, 15) is 0 Å². The van der Waals surface area contributed by atoms with Crippen molar-refractivity contribution >= 4 is 0 Å². The standard InChI is InChI=1S/C13H26N2O/c1-3-4-13-9-15(11(2)7-14-13)8-12-5-6-16-10-12/h11-14H,3-10H2,1-2H3. The predicted octanol–water partition coefficient (Wildman–Crippen LogP) is 1.49. The molecule has 0 radical (unpaired) electrons. The lowest BCUT2D eigenvalue weighted by molar-refractivity contribution is 0.108. The molecule has 2 aliphatic heterocycles. The first-order valence-electron chi connectivity index (χ1n) is 6.84. The summed E-state index contributed by atoms with van der Waals surface area (Å²) in [4.78, 5) is 2.66. The van der Waals surface area contributed by atoms with E-state index in [4.69, 9.17) is 4.74 Å². The van der Waals surface area contributed by atoms with Gasteiger partial charge >= 0.3 is 0 Å². The highest BCUT2D eigenvalue weighted by molar-refractivity contribution is 4.85. The first kappa shape index (κ1) is 12.3. The van der Waals surface area contributed by atoms with Crippen molar-refractivity contribution in [3.05, 3.63) is 0 Å². The van der Waals surface area contributed by atoms with E-state index in [1.165, 1.54) is 32.4 Å². The molecule has 2 heterocycles. The van der Waals surface area contributed by atoms with Crippen molar-refractivity contribution in [3.63, 3.8) is 0 Å². The molecule has 3 atom stereocenters. The molecule has 3 nitrogen and oxygen atoms in total. The Morgan fingerprint density at radius 1 is 1.44 bits per heavy atom. The Balaban J connectivity index is 1.80. The summed E-state index contributed by atoms with van der Waals surface area (Å²) in [6, 6.07) is 1.40. The van der Waals surface area contributed by atoms with Crippen molar-refractivity contribution in [2.24, 2.45) is 5.92 Å². The van der Waals surface area contributed by atoms with Gasteiger partial charge in [-0.25, -0.2) is 0 Å². The summed E-state index contributed by atoms with van der Waals surface area (Å²) in [6.45, 7) is 10.2. The van der Waals surface area contributed by atoms with Crippen molar-refractivity contribution < 1.29 is 4.74 Å². The maximum absolute atomic E-state index is 5.47. The second-order valence-electron chi connectivity index (χ2n) is 5.43. The summed E-state index contributed by atoms with van der Waals surface area (Å²) >= 11 is 0. The van der Waals surface area contributed by atoms with Crippen LogP contribution in [0.25, 0.3) is 0 Å². The average Bonchev–Trinajstić information content (AvgIpc) is 2.76. The van der Waals surface area contributed by atoms with Gasteiger partial charge in [0.2, 0.25) is 0 Å². The Bertz CT molecular complexity index is 204. The zero-order valence-corrected chi connectivity index (χ0v) is 10.7. The maximum atomic E-state index is 5.47. The third-order valence-electron chi connectivity index (χ3n) is 3.93. The van der Waals surface area contributed by atoms with E-state index in [0.29, 0.717) is 12.1 Å². The highest BCUT2D eigenvalue weighted by Gasteiger charge is 2.27. The maximum Gasteiger partial charge on any atom is 0.0507 e. The topological polar surface area (TPSA) is 24.5 Å². The van der Waals surface area contributed by atoms with E-state index in [-0.39, 0.29) is 0 Å². The molecule has 3 heteroatoms. The highest BCUT2D eigenvalue weighted by Crippen LogP contribution is 2.18. The summed E-state index contributed by atoms with van der Waals surface area (Å²) in [7, 11) is 0. The molecule has 0 bridgehead atoms. The van der Waals surface area contributed by atoms with E-state index in [0.717, 1.165) is 25.7 Å². The van der Waals surface area contributed by atoms with Crippen LogP contribution in [0.5, 0.6) is 0 Å². The lowest BCUT2D eigenvalue weighted by atomic mass is 10.0. The lowest BCUT2D eigenvalue weighted by Gasteiger charge is -2.40. The minimum Gasteiger partial charge on any atom is -0.381 e. The Kier molecular flexibility index (Phi) is 4.62. The predicted molar refractivity (Wildman–Crippen MR) is 66.7 cm³/mol. The minimum absolute atomic E-state index is 0.689. The minimum atomic E-state index is 0.689. The van der Waals surface area contributed by atoms with Crippen LogP contribution in [-0.4, -0.2) is 49.8 Å². The van der Waals surface area contributed by atoms with Gasteiger partial charge in [-0.1, -0.05) is 13.3 Å². The summed E-state index contributed by atoms with van der Waals surface area (Å²) in [5.74, 6) is 0.780. The van der Waals surface area contributed by atoms with Crippen LogP contribution >= 0.6 is 0 Å². The fourth-order valence-electron chi connectivity index (χ4n) is 2.85. The van der Waals surface area contributed by atoms with Gasteiger partial charge in [0.25, 0.3) is 0 Å². The van der Waals surface area contributed by atoms with Crippen LogP contribution in [0.4, 0.5) is 0 Å². The molecular formula is C13H26N2O. The summed E-state index contributed by atoms with van der Waals surface area (Å²) < 4.78 is 5.47. The normalized spacial score (nSPS) is 36.8. The molecule has 1 N–H and O–H groups in total. The molecule has 0 aromatic carbocycles. The molecule has 2 fully saturated rings. The molecule has 0 aromatic heterocycles. The first-order chi connectivity index (χ1) is 7.79. The number of nitrogens with zero attached hydrogens (tertiary/aromatic N) is 1. The van der Waals surface area contributed by atoms with Crippen LogP contribution in [0.2, 0.25) is 0 Å². The second-order valence-corrected chi connectivity index (χ2v) is 5.43.